The second kappa shape index (κ2) is 5.84. The normalized spacial score (nSPS) is 12.0. The van der Waals surface area contributed by atoms with Crippen LogP contribution in [0.3, 0.4) is 0 Å². The first kappa shape index (κ1) is 14.2. The van der Waals surface area contributed by atoms with E-state index in [0.29, 0.717) is 28.3 Å². The maximum absolute atomic E-state index is 10.6. The highest BCUT2D eigenvalue weighted by Gasteiger charge is 2.20. The van der Waals surface area contributed by atoms with Crippen molar-refractivity contribution in [2.75, 3.05) is 20.0 Å². The molecule has 2 aromatic carbocycles. The van der Waals surface area contributed by atoms with Gasteiger partial charge in [0.15, 0.2) is 11.5 Å². The number of aliphatic hydroxyl groups excluding tert-OH is 1. The molecule has 0 aromatic heterocycles. The molecule has 2 aromatic rings. The quantitative estimate of drug-likeness (QED) is 0.841. The molecule has 0 aliphatic carbocycles. The fourth-order valence-electron chi connectivity index (χ4n) is 2.23. The Labute approximate surface area is 118 Å². The average Bonchev–Trinajstić information content (AvgIpc) is 2.48. The molecule has 20 heavy (non-hydrogen) atoms. The average molecular weight is 273 g/mol. The number of hydrogen-bond donors (Lipinski definition) is 2. The van der Waals surface area contributed by atoms with E-state index in [2.05, 4.69) is 0 Å². The van der Waals surface area contributed by atoms with Gasteiger partial charge >= 0.3 is 0 Å². The van der Waals surface area contributed by atoms with E-state index < -0.39 is 6.10 Å². The van der Waals surface area contributed by atoms with Crippen molar-refractivity contribution in [1.29, 1.82) is 0 Å². The minimum atomic E-state index is -0.861. The SMILES string of the molecule is COc1cccc([C@@H](O)c2cc(C)ccc2N)c1OC. The zero-order valence-electron chi connectivity index (χ0n) is 11.9. The van der Waals surface area contributed by atoms with Crippen molar-refractivity contribution in [1.82, 2.24) is 0 Å². The molecule has 0 unspecified atom stereocenters. The van der Waals surface area contributed by atoms with Crippen LogP contribution < -0.4 is 15.2 Å². The molecule has 4 nitrogen and oxygen atoms in total. The molecule has 0 bridgehead atoms. The molecular weight excluding hydrogens is 254 g/mol. The zero-order valence-corrected chi connectivity index (χ0v) is 11.9. The van der Waals surface area contributed by atoms with E-state index in [4.69, 9.17) is 15.2 Å². The molecule has 0 saturated carbocycles. The van der Waals surface area contributed by atoms with Crippen LogP contribution in [-0.2, 0) is 0 Å². The number of aryl methyl sites for hydroxylation is 1. The van der Waals surface area contributed by atoms with Crippen molar-refractivity contribution in [3.05, 3.63) is 53.1 Å². The fourth-order valence-corrected chi connectivity index (χ4v) is 2.23. The maximum atomic E-state index is 10.6. The van der Waals surface area contributed by atoms with E-state index in [-0.39, 0.29) is 0 Å². The van der Waals surface area contributed by atoms with Gasteiger partial charge in [-0.15, -0.1) is 0 Å². The van der Waals surface area contributed by atoms with E-state index in [0.717, 1.165) is 5.56 Å². The summed E-state index contributed by atoms with van der Waals surface area (Å²) in [5.74, 6) is 1.10. The Hall–Kier alpha value is -2.20. The second-order valence-corrected chi connectivity index (χ2v) is 4.62. The van der Waals surface area contributed by atoms with E-state index in [1.807, 2.05) is 25.1 Å². The van der Waals surface area contributed by atoms with Gasteiger partial charge in [0.2, 0.25) is 0 Å². The van der Waals surface area contributed by atoms with Gasteiger partial charge in [0, 0.05) is 16.8 Å². The molecule has 0 fully saturated rings. The Balaban J connectivity index is 2.53. The van der Waals surface area contributed by atoms with Crippen LogP contribution in [0.2, 0.25) is 0 Å². The molecule has 0 aliphatic rings. The lowest BCUT2D eigenvalue weighted by Gasteiger charge is -2.19. The van der Waals surface area contributed by atoms with Gasteiger partial charge < -0.3 is 20.3 Å². The number of rotatable bonds is 4. The summed E-state index contributed by atoms with van der Waals surface area (Å²) in [6.07, 6.45) is -0.861. The summed E-state index contributed by atoms with van der Waals surface area (Å²) in [6.45, 7) is 1.96. The molecule has 0 aliphatic heterocycles. The maximum Gasteiger partial charge on any atom is 0.166 e. The smallest absolute Gasteiger partial charge is 0.166 e. The Bertz CT molecular complexity index is 611. The van der Waals surface area contributed by atoms with Gasteiger partial charge in [0.1, 0.15) is 6.10 Å². The first-order valence-electron chi connectivity index (χ1n) is 6.33. The Morgan fingerprint density at radius 2 is 1.80 bits per heavy atom. The highest BCUT2D eigenvalue weighted by molar-refractivity contribution is 5.56. The van der Waals surface area contributed by atoms with Crippen molar-refractivity contribution in [2.45, 2.75) is 13.0 Å². The molecule has 0 radical (unpaired) electrons. The lowest BCUT2D eigenvalue weighted by Crippen LogP contribution is -2.06. The van der Waals surface area contributed by atoms with Crippen molar-refractivity contribution in [2.24, 2.45) is 0 Å². The number of hydrogen-bond acceptors (Lipinski definition) is 4. The number of nitrogen functional groups attached to an aromatic ring is 1. The lowest BCUT2D eigenvalue weighted by molar-refractivity contribution is 0.213. The summed E-state index contributed by atoms with van der Waals surface area (Å²) in [5, 5.41) is 10.6. The van der Waals surface area contributed by atoms with Crippen LogP contribution in [0.4, 0.5) is 5.69 Å². The van der Waals surface area contributed by atoms with Crippen molar-refractivity contribution < 1.29 is 14.6 Å². The summed E-state index contributed by atoms with van der Waals surface area (Å²) in [7, 11) is 3.11. The van der Waals surface area contributed by atoms with Crippen molar-refractivity contribution in [3.63, 3.8) is 0 Å². The first-order valence-corrected chi connectivity index (χ1v) is 6.33. The third-order valence-corrected chi connectivity index (χ3v) is 3.26. The van der Waals surface area contributed by atoms with Gasteiger partial charge in [-0.25, -0.2) is 0 Å². The largest absolute Gasteiger partial charge is 0.493 e. The molecule has 0 saturated heterocycles. The molecule has 4 heteroatoms. The van der Waals surface area contributed by atoms with Gasteiger partial charge in [-0.05, 0) is 19.1 Å². The minimum Gasteiger partial charge on any atom is -0.493 e. The third kappa shape index (κ3) is 2.56. The lowest BCUT2D eigenvalue weighted by atomic mass is 9.97. The second-order valence-electron chi connectivity index (χ2n) is 4.62. The van der Waals surface area contributed by atoms with Crippen LogP contribution in [0, 0.1) is 6.92 Å². The number of nitrogens with two attached hydrogens (primary N) is 1. The van der Waals surface area contributed by atoms with Gasteiger partial charge in [-0.3, -0.25) is 0 Å². The number of benzene rings is 2. The van der Waals surface area contributed by atoms with Crippen molar-refractivity contribution in [3.8, 4) is 11.5 Å². The van der Waals surface area contributed by atoms with Crippen LogP contribution in [0.25, 0.3) is 0 Å². The molecule has 1 atom stereocenters. The number of aliphatic hydroxyl groups is 1. The monoisotopic (exact) mass is 273 g/mol. The van der Waals surface area contributed by atoms with Crippen LogP contribution in [0.15, 0.2) is 36.4 Å². The van der Waals surface area contributed by atoms with E-state index in [9.17, 15) is 5.11 Å². The summed E-state index contributed by atoms with van der Waals surface area (Å²) in [4.78, 5) is 0. The predicted octanol–water partition coefficient (Wildman–Crippen LogP) is 2.68. The van der Waals surface area contributed by atoms with Gasteiger partial charge in [-0.2, -0.15) is 0 Å². The van der Waals surface area contributed by atoms with E-state index in [1.54, 1.807) is 32.4 Å². The summed E-state index contributed by atoms with van der Waals surface area (Å²) in [6, 6.07) is 11.0. The Kier molecular flexibility index (Phi) is 4.15. The molecule has 2 rings (SSSR count). The van der Waals surface area contributed by atoms with Crippen LogP contribution in [0.5, 0.6) is 11.5 Å². The highest BCUT2D eigenvalue weighted by Crippen LogP contribution is 2.38. The number of ether oxygens (including phenoxy) is 2. The number of methoxy groups -OCH3 is 2. The van der Waals surface area contributed by atoms with Gasteiger partial charge in [-0.1, -0.05) is 29.8 Å². The molecule has 3 N–H and O–H groups in total. The predicted molar refractivity (Wildman–Crippen MR) is 79.2 cm³/mol. The van der Waals surface area contributed by atoms with Crippen LogP contribution >= 0.6 is 0 Å². The summed E-state index contributed by atoms with van der Waals surface area (Å²) < 4.78 is 10.6. The first-order chi connectivity index (χ1) is 9.58. The Morgan fingerprint density at radius 3 is 2.45 bits per heavy atom. The van der Waals surface area contributed by atoms with E-state index in [1.165, 1.54) is 0 Å². The van der Waals surface area contributed by atoms with Crippen LogP contribution in [-0.4, -0.2) is 19.3 Å². The molecule has 0 amide bonds. The molecule has 0 spiro atoms. The molecular formula is C16H19NO3. The number of anilines is 1. The minimum absolute atomic E-state index is 0.517. The van der Waals surface area contributed by atoms with Crippen molar-refractivity contribution >= 4 is 5.69 Å². The standard InChI is InChI=1S/C16H19NO3/c1-10-7-8-13(17)12(9-10)15(18)11-5-4-6-14(19-2)16(11)20-3/h4-9,15,18H,17H2,1-3H3/t15-/m1/s1. The Morgan fingerprint density at radius 1 is 1.05 bits per heavy atom. The topological polar surface area (TPSA) is 64.7 Å². The van der Waals surface area contributed by atoms with Crippen LogP contribution in [0.1, 0.15) is 22.8 Å². The van der Waals surface area contributed by atoms with E-state index >= 15 is 0 Å². The molecule has 106 valence electrons. The fraction of sp³-hybridized carbons (Fsp3) is 0.250. The number of para-hydroxylation sites is 1. The van der Waals surface area contributed by atoms with Gasteiger partial charge in [0.25, 0.3) is 0 Å². The third-order valence-electron chi connectivity index (χ3n) is 3.26. The summed E-state index contributed by atoms with van der Waals surface area (Å²) in [5.41, 5.74) is 8.84. The highest BCUT2D eigenvalue weighted by atomic mass is 16.5. The summed E-state index contributed by atoms with van der Waals surface area (Å²) >= 11 is 0. The zero-order chi connectivity index (χ0) is 14.7. The molecule has 0 heterocycles. The van der Waals surface area contributed by atoms with Gasteiger partial charge in [0.05, 0.1) is 14.2 Å².